The molecule has 104 valence electrons. The van der Waals surface area contributed by atoms with Crippen molar-refractivity contribution in [2.45, 2.75) is 12.8 Å². The van der Waals surface area contributed by atoms with Crippen LogP contribution in [0.1, 0.15) is 12.8 Å². The van der Waals surface area contributed by atoms with Gasteiger partial charge in [0.2, 0.25) is 0 Å². The number of amidine groups is 2. The Morgan fingerprint density at radius 2 is 1.29 bits per heavy atom. The highest BCUT2D eigenvalue weighted by Crippen LogP contribution is 2.18. The van der Waals surface area contributed by atoms with Gasteiger partial charge in [-0.25, -0.2) is 20.0 Å². The van der Waals surface area contributed by atoms with E-state index in [9.17, 15) is 0 Å². The molecule has 0 spiro atoms. The largest absolute Gasteiger partial charge is 0.303 e. The molecule has 0 unspecified atom stereocenters. The third-order valence-corrected chi connectivity index (χ3v) is 3.59. The SMILES string of the molecule is C1=CCC2=NC(CNCC3=NC4=CC=CCC4=N3)=NC2=C1. The lowest BCUT2D eigenvalue weighted by Crippen LogP contribution is -2.26. The third kappa shape index (κ3) is 2.48. The molecule has 0 aromatic heterocycles. The number of nitrogens with one attached hydrogen (secondary N) is 1. The fourth-order valence-electron chi connectivity index (χ4n) is 2.57. The van der Waals surface area contributed by atoms with Crippen LogP contribution in [-0.4, -0.2) is 36.2 Å². The molecular weight excluding hydrogens is 262 g/mol. The Bertz CT molecular complexity index is 664. The van der Waals surface area contributed by atoms with Crippen LogP contribution in [0.5, 0.6) is 0 Å². The van der Waals surface area contributed by atoms with Crippen molar-refractivity contribution in [1.82, 2.24) is 5.32 Å². The van der Waals surface area contributed by atoms with E-state index < -0.39 is 0 Å². The van der Waals surface area contributed by atoms with Crippen molar-refractivity contribution in [3.63, 3.8) is 0 Å². The molecule has 4 rings (SSSR count). The molecule has 0 aromatic carbocycles. The van der Waals surface area contributed by atoms with Crippen LogP contribution in [0.4, 0.5) is 0 Å². The Hall–Kier alpha value is -2.40. The first-order valence-electron chi connectivity index (χ1n) is 7.14. The first-order valence-corrected chi connectivity index (χ1v) is 7.14. The van der Waals surface area contributed by atoms with Crippen molar-refractivity contribution < 1.29 is 0 Å². The molecule has 5 nitrogen and oxygen atoms in total. The number of nitrogens with zero attached hydrogens (tertiary/aromatic N) is 4. The maximum absolute atomic E-state index is 4.53. The second kappa shape index (κ2) is 5.18. The van der Waals surface area contributed by atoms with Crippen molar-refractivity contribution in [2.24, 2.45) is 20.0 Å². The lowest BCUT2D eigenvalue weighted by molar-refractivity contribution is 0.879. The second-order valence-electron chi connectivity index (χ2n) is 5.14. The Labute approximate surface area is 123 Å². The highest BCUT2D eigenvalue weighted by Gasteiger charge is 2.18. The van der Waals surface area contributed by atoms with E-state index in [0.717, 1.165) is 47.3 Å². The minimum Gasteiger partial charge on any atom is -0.303 e. The second-order valence-corrected chi connectivity index (χ2v) is 5.14. The molecular formula is C16H15N5. The lowest BCUT2D eigenvalue weighted by Gasteiger charge is -2.00. The zero-order valence-electron chi connectivity index (χ0n) is 11.6. The standard InChI is InChI=1S/C16H15N5/c1-2-6-12-11(5-1)18-15(19-12)9-17-10-16-20-13-7-3-4-8-14(13)21-16/h1-5,7,17H,6,8-10H2. The number of hydrogen-bond donors (Lipinski definition) is 1. The lowest BCUT2D eigenvalue weighted by atomic mass is 10.1. The van der Waals surface area contributed by atoms with Gasteiger partial charge in [-0.05, 0) is 12.2 Å². The zero-order chi connectivity index (χ0) is 14.1. The van der Waals surface area contributed by atoms with Gasteiger partial charge < -0.3 is 5.32 Å². The molecule has 0 saturated heterocycles. The topological polar surface area (TPSA) is 61.5 Å². The molecule has 0 amide bonds. The summed E-state index contributed by atoms with van der Waals surface area (Å²) in [6.45, 7) is 1.28. The molecule has 5 heteroatoms. The summed E-state index contributed by atoms with van der Waals surface area (Å²) in [6, 6.07) is 0. The van der Waals surface area contributed by atoms with Gasteiger partial charge in [-0.3, -0.25) is 0 Å². The molecule has 2 aliphatic carbocycles. The van der Waals surface area contributed by atoms with Gasteiger partial charge in [0, 0.05) is 12.8 Å². The van der Waals surface area contributed by atoms with Crippen molar-refractivity contribution in [2.75, 3.05) is 13.1 Å². The van der Waals surface area contributed by atoms with Crippen LogP contribution < -0.4 is 5.32 Å². The molecule has 0 radical (unpaired) electrons. The molecule has 0 saturated carbocycles. The van der Waals surface area contributed by atoms with E-state index in [1.807, 2.05) is 24.3 Å². The molecule has 0 bridgehead atoms. The van der Waals surface area contributed by atoms with Crippen molar-refractivity contribution in [3.05, 3.63) is 47.9 Å². The average Bonchev–Trinajstić information content (AvgIpc) is 3.09. The normalized spacial score (nSPS) is 21.9. The molecule has 0 aromatic rings. The van der Waals surface area contributed by atoms with Crippen molar-refractivity contribution in [1.29, 1.82) is 0 Å². The number of fused-ring (bicyclic) bond motifs is 2. The molecule has 2 heterocycles. The molecule has 21 heavy (non-hydrogen) atoms. The summed E-state index contributed by atoms with van der Waals surface area (Å²) in [4.78, 5) is 18.1. The summed E-state index contributed by atoms with van der Waals surface area (Å²) in [5.74, 6) is 1.67. The Morgan fingerprint density at radius 3 is 1.76 bits per heavy atom. The molecule has 4 aliphatic rings. The minimum absolute atomic E-state index is 0.641. The van der Waals surface area contributed by atoms with E-state index in [2.05, 4.69) is 37.4 Å². The van der Waals surface area contributed by atoms with Crippen LogP contribution in [0.25, 0.3) is 0 Å². The van der Waals surface area contributed by atoms with Crippen LogP contribution in [0.15, 0.2) is 67.8 Å². The number of hydrogen-bond acceptors (Lipinski definition) is 5. The maximum atomic E-state index is 4.53. The predicted octanol–water partition coefficient (Wildman–Crippen LogP) is 1.97. The molecule has 2 aliphatic heterocycles. The summed E-state index contributed by atoms with van der Waals surface area (Å²) in [6.07, 6.45) is 14.0. The third-order valence-electron chi connectivity index (χ3n) is 3.59. The maximum Gasteiger partial charge on any atom is 0.143 e. The van der Waals surface area contributed by atoms with E-state index in [-0.39, 0.29) is 0 Å². The molecule has 0 atom stereocenters. The van der Waals surface area contributed by atoms with E-state index >= 15 is 0 Å². The first kappa shape index (κ1) is 12.3. The van der Waals surface area contributed by atoms with Gasteiger partial charge in [0.15, 0.2) is 0 Å². The molecule has 1 N–H and O–H groups in total. The van der Waals surface area contributed by atoms with Gasteiger partial charge in [0.25, 0.3) is 0 Å². The van der Waals surface area contributed by atoms with Gasteiger partial charge >= 0.3 is 0 Å². The van der Waals surface area contributed by atoms with E-state index in [4.69, 9.17) is 0 Å². The summed E-state index contributed by atoms with van der Waals surface area (Å²) in [5.41, 5.74) is 4.12. The van der Waals surface area contributed by atoms with E-state index in [1.54, 1.807) is 0 Å². The average molecular weight is 277 g/mol. The highest BCUT2D eigenvalue weighted by molar-refractivity contribution is 6.15. The van der Waals surface area contributed by atoms with Gasteiger partial charge in [-0.2, -0.15) is 0 Å². The zero-order valence-corrected chi connectivity index (χ0v) is 11.6. The van der Waals surface area contributed by atoms with Gasteiger partial charge in [0.05, 0.1) is 35.9 Å². The fraction of sp³-hybridized carbons (Fsp3) is 0.250. The van der Waals surface area contributed by atoms with Crippen LogP contribution in [0, 0.1) is 0 Å². The van der Waals surface area contributed by atoms with Crippen molar-refractivity contribution in [3.8, 4) is 0 Å². The van der Waals surface area contributed by atoms with Crippen LogP contribution in [0.3, 0.4) is 0 Å². The quantitative estimate of drug-likeness (QED) is 0.839. The van der Waals surface area contributed by atoms with E-state index in [0.29, 0.717) is 13.1 Å². The van der Waals surface area contributed by atoms with Crippen LogP contribution >= 0.6 is 0 Å². The number of allylic oxidation sites excluding steroid dienone is 8. The van der Waals surface area contributed by atoms with E-state index in [1.165, 1.54) is 0 Å². The fourth-order valence-corrected chi connectivity index (χ4v) is 2.57. The first-order chi connectivity index (χ1) is 10.4. The van der Waals surface area contributed by atoms with Gasteiger partial charge in [-0.15, -0.1) is 0 Å². The Balaban J connectivity index is 1.34. The summed E-state index contributed by atoms with van der Waals surface area (Å²) in [5, 5.41) is 3.32. The Morgan fingerprint density at radius 1 is 0.762 bits per heavy atom. The summed E-state index contributed by atoms with van der Waals surface area (Å²) in [7, 11) is 0. The molecule has 0 fully saturated rings. The Kier molecular flexibility index (Phi) is 3.05. The predicted molar refractivity (Wildman–Crippen MR) is 86.3 cm³/mol. The summed E-state index contributed by atoms with van der Waals surface area (Å²) >= 11 is 0. The van der Waals surface area contributed by atoms with Crippen LogP contribution in [-0.2, 0) is 0 Å². The van der Waals surface area contributed by atoms with Crippen LogP contribution in [0.2, 0.25) is 0 Å². The smallest absolute Gasteiger partial charge is 0.143 e. The van der Waals surface area contributed by atoms with Crippen molar-refractivity contribution >= 4 is 23.1 Å². The minimum atomic E-state index is 0.641. The number of aliphatic imine (C=N–C) groups is 4. The summed E-state index contributed by atoms with van der Waals surface area (Å²) < 4.78 is 0. The monoisotopic (exact) mass is 277 g/mol. The van der Waals surface area contributed by atoms with Gasteiger partial charge in [0.1, 0.15) is 11.7 Å². The highest BCUT2D eigenvalue weighted by atomic mass is 15.1. The van der Waals surface area contributed by atoms with Gasteiger partial charge in [-0.1, -0.05) is 24.3 Å². The number of rotatable bonds is 4.